The van der Waals surface area contributed by atoms with Gasteiger partial charge < -0.3 is 14.7 Å². The van der Waals surface area contributed by atoms with Crippen LogP contribution in [0.2, 0.25) is 0 Å². The molecular weight excluding hydrogens is 345 g/mol. The van der Waals surface area contributed by atoms with Gasteiger partial charge in [0.2, 0.25) is 0 Å². The third-order valence-corrected chi connectivity index (χ3v) is 6.08. The summed E-state index contributed by atoms with van der Waals surface area (Å²) in [5.41, 5.74) is -0.413. The normalized spacial score (nSPS) is 21.4. The second-order valence-corrected chi connectivity index (χ2v) is 7.58. The molecule has 0 aromatic heterocycles. The molecule has 1 aromatic carbocycles. The molecule has 9 heteroatoms. The van der Waals surface area contributed by atoms with Crippen LogP contribution < -0.4 is 0 Å². The van der Waals surface area contributed by atoms with Crippen LogP contribution in [0, 0.1) is 21.4 Å². The topological polar surface area (TPSA) is 128 Å². The standard InChI is InChI=1S/C16H18N3O5P/c1-10-14(9-17)16(3,12-6-5-7-13(8-12)19(20)21)15(25(22,23)24)11(2)18(10)4/h5-8H,1-4H3,(H2,22,23,24). The summed E-state index contributed by atoms with van der Waals surface area (Å²) in [5.74, 6) is 0. The molecular formula is C16H18N3O5P. The van der Waals surface area contributed by atoms with Crippen LogP contribution in [0.1, 0.15) is 26.3 Å². The number of rotatable bonds is 3. The number of benzene rings is 1. The van der Waals surface area contributed by atoms with E-state index in [2.05, 4.69) is 0 Å². The van der Waals surface area contributed by atoms with Gasteiger partial charge in [0, 0.05) is 30.6 Å². The molecule has 0 aliphatic carbocycles. The van der Waals surface area contributed by atoms with Gasteiger partial charge in [-0.3, -0.25) is 14.7 Å². The maximum atomic E-state index is 12.3. The maximum absolute atomic E-state index is 12.3. The van der Waals surface area contributed by atoms with Crippen molar-refractivity contribution in [1.82, 2.24) is 4.90 Å². The van der Waals surface area contributed by atoms with E-state index in [1.165, 1.54) is 31.2 Å². The first kappa shape index (κ1) is 18.9. The highest BCUT2D eigenvalue weighted by Crippen LogP contribution is 2.61. The van der Waals surface area contributed by atoms with E-state index in [1.807, 2.05) is 6.07 Å². The largest absolute Gasteiger partial charge is 0.355 e. The first-order valence-corrected chi connectivity index (χ1v) is 8.95. The predicted molar refractivity (Wildman–Crippen MR) is 91.3 cm³/mol. The Balaban J connectivity index is 2.93. The summed E-state index contributed by atoms with van der Waals surface area (Å²) in [4.78, 5) is 32.0. The SMILES string of the molecule is CC1=C(C#N)C(C)(c2cccc([N+](=O)[O-])c2)C(P(=O)(O)O)=C(C)N1C. The smallest absolute Gasteiger partial charge is 0.351 e. The zero-order valence-electron chi connectivity index (χ0n) is 14.2. The molecule has 25 heavy (non-hydrogen) atoms. The van der Waals surface area contributed by atoms with Crippen molar-refractivity contribution in [3.05, 3.63) is 62.2 Å². The molecule has 1 heterocycles. The highest BCUT2D eigenvalue weighted by molar-refractivity contribution is 7.56. The number of hydrogen-bond donors (Lipinski definition) is 2. The Morgan fingerprint density at radius 1 is 1.32 bits per heavy atom. The Labute approximate surface area is 145 Å². The minimum atomic E-state index is -4.75. The summed E-state index contributed by atoms with van der Waals surface area (Å²) in [5, 5.41) is 20.6. The molecule has 8 nitrogen and oxygen atoms in total. The Morgan fingerprint density at radius 3 is 2.40 bits per heavy atom. The van der Waals surface area contributed by atoms with Crippen molar-refractivity contribution in [3.63, 3.8) is 0 Å². The van der Waals surface area contributed by atoms with Crippen LogP contribution in [-0.4, -0.2) is 26.7 Å². The summed E-state index contributed by atoms with van der Waals surface area (Å²) in [6, 6.07) is 7.55. The van der Waals surface area contributed by atoms with Crippen LogP contribution in [0.4, 0.5) is 5.69 Å². The molecule has 1 atom stereocenters. The Kier molecular flexibility index (Phi) is 4.62. The number of nitro groups is 1. The molecule has 0 bridgehead atoms. The molecule has 132 valence electrons. The first-order chi connectivity index (χ1) is 11.5. The van der Waals surface area contributed by atoms with Crippen LogP contribution in [0.25, 0.3) is 0 Å². The second kappa shape index (κ2) is 6.12. The molecule has 1 unspecified atom stereocenters. The van der Waals surface area contributed by atoms with Crippen LogP contribution in [0.5, 0.6) is 0 Å². The van der Waals surface area contributed by atoms with E-state index in [4.69, 9.17) is 0 Å². The zero-order chi connectivity index (χ0) is 19.2. The molecule has 0 spiro atoms. The number of nitriles is 1. The van der Waals surface area contributed by atoms with E-state index in [0.717, 1.165) is 0 Å². The molecule has 0 saturated carbocycles. The second-order valence-electron chi connectivity index (χ2n) is 6.04. The molecule has 0 amide bonds. The van der Waals surface area contributed by atoms with E-state index in [-0.39, 0.29) is 22.1 Å². The number of nitro benzene ring substituents is 1. The van der Waals surface area contributed by atoms with Gasteiger partial charge in [0.25, 0.3) is 5.69 Å². The lowest BCUT2D eigenvalue weighted by Gasteiger charge is -2.42. The number of non-ortho nitro benzene ring substituents is 1. The van der Waals surface area contributed by atoms with E-state index >= 15 is 0 Å². The van der Waals surface area contributed by atoms with Crippen molar-refractivity contribution in [2.24, 2.45) is 0 Å². The fourth-order valence-electron chi connectivity index (χ4n) is 3.33. The zero-order valence-corrected chi connectivity index (χ0v) is 15.1. The fraction of sp³-hybridized carbons (Fsp3) is 0.312. The molecule has 2 N–H and O–H groups in total. The number of hydrogen-bond acceptors (Lipinski definition) is 5. The minimum absolute atomic E-state index is 0.138. The van der Waals surface area contributed by atoms with Crippen LogP contribution in [-0.2, 0) is 9.98 Å². The third-order valence-electron chi connectivity index (χ3n) is 4.72. The van der Waals surface area contributed by atoms with Gasteiger partial charge in [-0.15, -0.1) is 0 Å². The van der Waals surface area contributed by atoms with Crippen molar-refractivity contribution in [1.29, 1.82) is 5.26 Å². The molecule has 2 rings (SSSR count). The molecule has 1 aliphatic heterocycles. The highest BCUT2D eigenvalue weighted by Gasteiger charge is 2.49. The van der Waals surface area contributed by atoms with Gasteiger partial charge in [-0.2, -0.15) is 5.26 Å². The Morgan fingerprint density at radius 2 is 1.92 bits per heavy atom. The monoisotopic (exact) mass is 363 g/mol. The number of allylic oxidation sites excluding steroid dienone is 4. The van der Waals surface area contributed by atoms with E-state index < -0.39 is 17.9 Å². The summed E-state index contributed by atoms with van der Waals surface area (Å²) in [6.07, 6.45) is 0. The summed E-state index contributed by atoms with van der Waals surface area (Å²) < 4.78 is 12.3. The summed E-state index contributed by atoms with van der Waals surface area (Å²) in [6.45, 7) is 4.74. The van der Waals surface area contributed by atoms with Crippen molar-refractivity contribution < 1.29 is 19.3 Å². The van der Waals surface area contributed by atoms with Crippen LogP contribution in [0.3, 0.4) is 0 Å². The maximum Gasteiger partial charge on any atom is 0.355 e. The van der Waals surface area contributed by atoms with Gasteiger partial charge in [-0.25, -0.2) is 0 Å². The van der Waals surface area contributed by atoms with E-state index in [0.29, 0.717) is 11.4 Å². The van der Waals surface area contributed by atoms with Gasteiger partial charge in [0.1, 0.15) is 0 Å². The Hall–Kier alpha value is -2.46. The van der Waals surface area contributed by atoms with Gasteiger partial charge in [-0.05, 0) is 26.3 Å². The van der Waals surface area contributed by atoms with Gasteiger partial charge in [-0.1, -0.05) is 12.1 Å². The molecule has 0 saturated heterocycles. The van der Waals surface area contributed by atoms with Crippen molar-refractivity contribution >= 4 is 13.3 Å². The lowest BCUT2D eigenvalue weighted by Crippen LogP contribution is -2.37. The van der Waals surface area contributed by atoms with Crippen molar-refractivity contribution in [3.8, 4) is 6.07 Å². The summed E-state index contributed by atoms with van der Waals surface area (Å²) >= 11 is 0. The van der Waals surface area contributed by atoms with Crippen LogP contribution in [0.15, 0.2) is 46.5 Å². The lowest BCUT2D eigenvalue weighted by atomic mass is 9.72. The van der Waals surface area contributed by atoms with Gasteiger partial charge >= 0.3 is 7.60 Å². The minimum Gasteiger partial charge on any atom is -0.351 e. The van der Waals surface area contributed by atoms with Crippen LogP contribution >= 0.6 is 7.60 Å². The van der Waals surface area contributed by atoms with E-state index in [1.54, 1.807) is 25.8 Å². The molecule has 1 aliphatic rings. The van der Waals surface area contributed by atoms with E-state index in [9.17, 15) is 29.7 Å². The average Bonchev–Trinajstić information content (AvgIpc) is 2.52. The Bertz CT molecular complexity index is 909. The summed E-state index contributed by atoms with van der Waals surface area (Å²) in [7, 11) is -3.14. The first-order valence-electron chi connectivity index (χ1n) is 7.33. The predicted octanol–water partition coefficient (Wildman–Crippen LogP) is 3.00. The van der Waals surface area contributed by atoms with Gasteiger partial charge in [0.05, 0.1) is 27.3 Å². The molecule has 0 radical (unpaired) electrons. The average molecular weight is 363 g/mol. The highest BCUT2D eigenvalue weighted by atomic mass is 31.2. The molecule has 1 aromatic rings. The number of nitrogens with zero attached hydrogens (tertiary/aromatic N) is 3. The third kappa shape index (κ3) is 2.87. The van der Waals surface area contributed by atoms with Gasteiger partial charge in [0.15, 0.2) is 0 Å². The molecule has 0 fully saturated rings. The van der Waals surface area contributed by atoms with Crippen molar-refractivity contribution in [2.75, 3.05) is 7.05 Å². The lowest BCUT2D eigenvalue weighted by molar-refractivity contribution is -0.384. The van der Waals surface area contributed by atoms with Crippen molar-refractivity contribution in [2.45, 2.75) is 26.2 Å². The fourth-order valence-corrected chi connectivity index (χ4v) is 4.72. The quantitative estimate of drug-likeness (QED) is 0.480.